The second-order valence-corrected chi connectivity index (χ2v) is 14.5. The summed E-state index contributed by atoms with van der Waals surface area (Å²) in [6.45, 7) is 7.45. The molecular weight excluding hydrogens is 570 g/mol. The molecule has 0 radical (unpaired) electrons. The van der Waals surface area contributed by atoms with Gasteiger partial charge in [-0.2, -0.15) is 0 Å². The molecule has 3 aromatic rings. The summed E-state index contributed by atoms with van der Waals surface area (Å²) in [5, 5.41) is 0. The van der Waals surface area contributed by atoms with Gasteiger partial charge in [0.2, 0.25) is 0 Å². The molecule has 6 nitrogen and oxygen atoms in total. The number of ether oxygens (including phenoxy) is 1. The number of unbranched alkanes of at least 4 members (excludes halogenated alkanes) is 4. The van der Waals surface area contributed by atoms with Gasteiger partial charge >= 0.3 is 0 Å². The summed E-state index contributed by atoms with van der Waals surface area (Å²) in [6, 6.07) is 23.0. The third-order valence-electron chi connectivity index (χ3n) is 9.91. The Morgan fingerprint density at radius 3 is 2.16 bits per heavy atom. The van der Waals surface area contributed by atoms with E-state index in [-0.39, 0.29) is 34.8 Å². The lowest BCUT2D eigenvalue weighted by Gasteiger charge is -2.41. The van der Waals surface area contributed by atoms with Crippen molar-refractivity contribution in [2.45, 2.75) is 83.0 Å². The van der Waals surface area contributed by atoms with E-state index in [1.807, 2.05) is 30.3 Å². The van der Waals surface area contributed by atoms with Crippen molar-refractivity contribution >= 4 is 21.7 Å². The minimum absolute atomic E-state index is 0.0171. The van der Waals surface area contributed by atoms with Crippen molar-refractivity contribution < 1.29 is 22.7 Å². The van der Waals surface area contributed by atoms with Gasteiger partial charge in [0.15, 0.2) is 9.84 Å². The minimum atomic E-state index is -3.54. The molecule has 5 rings (SSSR count). The van der Waals surface area contributed by atoms with Gasteiger partial charge in [-0.05, 0) is 72.4 Å². The standard InChI is InChI=1S/C37H45NO5S/c1-4-6-22-37(5-2)26-44(41,42)33-25-29(20-21-32(33)34(27(37)3)28-16-10-9-11-17-28)43-24-15-8-7-14-23-38-35(39)30-18-12-13-19-31(30)36(38)40/h9-13,16-21,25,27,34H,4-8,14-15,22-24,26H2,1-3H3/t27?,34-,37+/m1/s1. The maximum Gasteiger partial charge on any atom is 0.261 e. The fourth-order valence-electron chi connectivity index (χ4n) is 7.26. The van der Waals surface area contributed by atoms with Gasteiger partial charge in [0.25, 0.3) is 11.8 Å². The highest BCUT2D eigenvalue weighted by atomic mass is 32.2. The van der Waals surface area contributed by atoms with Crippen LogP contribution in [-0.4, -0.2) is 44.0 Å². The van der Waals surface area contributed by atoms with Gasteiger partial charge in [-0.1, -0.05) is 95.0 Å². The summed E-state index contributed by atoms with van der Waals surface area (Å²) in [5.41, 5.74) is 2.69. The zero-order valence-electron chi connectivity index (χ0n) is 26.3. The van der Waals surface area contributed by atoms with Crippen molar-refractivity contribution in [2.75, 3.05) is 18.9 Å². The average molecular weight is 616 g/mol. The first-order valence-corrected chi connectivity index (χ1v) is 17.9. The molecule has 0 aromatic heterocycles. The number of carbonyl (C=O) groups is 2. The van der Waals surface area contributed by atoms with Crippen LogP contribution >= 0.6 is 0 Å². The molecule has 0 N–H and O–H groups in total. The number of carbonyl (C=O) groups excluding carboxylic acids is 2. The van der Waals surface area contributed by atoms with Gasteiger partial charge in [-0.15, -0.1) is 0 Å². The molecule has 1 unspecified atom stereocenters. The van der Waals surface area contributed by atoms with Crippen LogP contribution in [0.15, 0.2) is 77.7 Å². The molecule has 3 aromatic carbocycles. The quantitative estimate of drug-likeness (QED) is 0.144. The van der Waals surface area contributed by atoms with E-state index in [1.54, 1.807) is 30.3 Å². The fraction of sp³-hybridized carbons (Fsp3) is 0.459. The molecule has 7 heteroatoms. The summed E-state index contributed by atoms with van der Waals surface area (Å²) in [5.74, 6) is 0.455. The normalized spacial score (nSPS) is 22.4. The number of hydrogen-bond donors (Lipinski definition) is 0. The van der Waals surface area contributed by atoms with Crippen LogP contribution in [0.4, 0.5) is 0 Å². The number of hydrogen-bond acceptors (Lipinski definition) is 5. The molecule has 0 spiro atoms. The van der Waals surface area contributed by atoms with Gasteiger partial charge in [0.05, 0.1) is 28.4 Å². The number of nitrogens with zero attached hydrogens (tertiary/aromatic N) is 1. The SMILES string of the molecule is CCCC[C@@]1(CC)CS(=O)(=O)c2cc(OCCCCCCN3C(=O)c4ccccc4C3=O)ccc2[C@@H](c2ccccc2)C1C. The van der Waals surface area contributed by atoms with Crippen LogP contribution in [0, 0.1) is 11.3 Å². The topological polar surface area (TPSA) is 80.8 Å². The molecule has 3 atom stereocenters. The van der Waals surface area contributed by atoms with Crippen molar-refractivity contribution in [3.05, 3.63) is 95.1 Å². The molecule has 2 aliphatic rings. The van der Waals surface area contributed by atoms with Crippen LogP contribution in [0.3, 0.4) is 0 Å². The first-order chi connectivity index (χ1) is 21.2. The van der Waals surface area contributed by atoms with Gasteiger partial charge < -0.3 is 4.74 Å². The third kappa shape index (κ3) is 6.35. The van der Waals surface area contributed by atoms with Gasteiger partial charge in [-0.25, -0.2) is 8.42 Å². The number of imide groups is 1. The largest absolute Gasteiger partial charge is 0.494 e. The molecule has 0 aliphatic carbocycles. The molecule has 44 heavy (non-hydrogen) atoms. The zero-order valence-corrected chi connectivity index (χ0v) is 27.1. The van der Waals surface area contributed by atoms with E-state index in [9.17, 15) is 18.0 Å². The Kier molecular flexibility index (Phi) is 9.94. The van der Waals surface area contributed by atoms with E-state index in [0.717, 1.165) is 62.5 Å². The Balaban J connectivity index is 1.24. The highest BCUT2D eigenvalue weighted by molar-refractivity contribution is 7.91. The van der Waals surface area contributed by atoms with Gasteiger partial charge in [0, 0.05) is 12.5 Å². The summed E-state index contributed by atoms with van der Waals surface area (Å²) in [7, 11) is -3.54. The van der Waals surface area contributed by atoms with Gasteiger partial charge in [0.1, 0.15) is 5.75 Å². The lowest BCUT2D eigenvalue weighted by Crippen LogP contribution is -2.37. The molecule has 234 valence electrons. The van der Waals surface area contributed by atoms with Crippen molar-refractivity contribution in [3.8, 4) is 5.75 Å². The second-order valence-electron chi connectivity index (χ2n) is 12.5. The first kappa shape index (κ1) is 32.0. The Morgan fingerprint density at radius 1 is 0.841 bits per heavy atom. The van der Waals surface area contributed by atoms with Crippen LogP contribution in [0.5, 0.6) is 5.75 Å². The van der Waals surface area contributed by atoms with Crippen LogP contribution in [0.2, 0.25) is 0 Å². The molecule has 2 amide bonds. The van der Waals surface area contributed by atoms with Gasteiger partial charge in [-0.3, -0.25) is 14.5 Å². The highest BCUT2D eigenvalue weighted by Gasteiger charge is 2.47. The number of benzene rings is 3. The lowest BCUT2D eigenvalue weighted by molar-refractivity contribution is 0.0651. The van der Waals surface area contributed by atoms with Crippen molar-refractivity contribution in [1.82, 2.24) is 4.90 Å². The zero-order chi connectivity index (χ0) is 31.3. The maximum absolute atomic E-state index is 14.1. The molecule has 0 saturated heterocycles. The fourth-order valence-corrected chi connectivity index (χ4v) is 9.63. The minimum Gasteiger partial charge on any atom is -0.494 e. The van der Waals surface area contributed by atoms with Crippen LogP contribution in [-0.2, 0) is 9.84 Å². The molecule has 0 saturated carbocycles. The van der Waals surface area contributed by atoms with E-state index in [2.05, 4.69) is 32.9 Å². The lowest BCUT2D eigenvalue weighted by atomic mass is 9.64. The predicted octanol–water partition coefficient (Wildman–Crippen LogP) is 8.06. The Hall–Kier alpha value is -3.45. The maximum atomic E-state index is 14.1. The molecular formula is C37H45NO5S. The van der Waals surface area contributed by atoms with E-state index < -0.39 is 9.84 Å². The number of fused-ring (bicyclic) bond motifs is 2. The summed E-state index contributed by atoms with van der Waals surface area (Å²) in [6.07, 6.45) is 7.05. The van der Waals surface area contributed by atoms with Crippen molar-refractivity contribution in [1.29, 1.82) is 0 Å². The van der Waals surface area contributed by atoms with Crippen LogP contribution in [0.25, 0.3) is 0 Å². The van der Waals surface area contributed by atoms with Crippen LogP contribution < -0.4 is 4.74 Å². The van der Waals surface area contributed by atoms with E-state index >= 15 is 0 Å². The summed E-state index contributed by atoms with van der Waals surface area (Å²) in [4.78, 5) is 26.9. The first-order valence-electron chi connectivity index (χ1n) is 16.2. The predicted molar refractivity (Wildman–Crippen MR) is 174 cm³/mol. The second kappa shape index (κ2) is 13.7. The smallest absolute Gasteiger partial charge is 0.261 e. The van der Waals surface area contributed by atoms with E-state index in [0.29, 0.717) is 34.9 Å². The Morgan fingerprint density at radius 2 is 1.50 bits per heavy atom. The number of rotatable bonds is 13. The summed E-state index contributed by atoms with van der Waals surface area (Å²) < 4.78 is 34.2. The molecule has 2 aliphatic heterocycles. The Bertz CT molecular complexity index is 1550. The van der Waals surface area contributed by atoms with E-state index in [1.165, 1.54) is 4.90 Å². The van der Waals surface area contributed by atoms with Crippen molar-refractivity contribution in [3.63, 3.8) is 0 Å². The average Bonchev–Trinajstić information content (AvgIpc) is 3.24. The summed E-state index contributed by atoms with van der Waals surface area (Å²) >= 11 is 0. The van der Waals surface area contributed by atoms with E-state index in [4.69, 9.17) is 4.74 Å². The molecule has 0 fully saturated rings. The number of amides is 2. The Labute approximate surface area is 262 Å². The third-order valence-corrected chi connectivity index (χ3v) is 11.9. The molecule has 2 heterocycles. The highest BCUT2D eigenvalue weighted by Crippen LogP contribution is 2.52. The van der Waals surface area contributed by atoms with Crippen molar-refractivity contribution in [2.24, 2.45) is 11.3 Å². The monoisotopic (exact) mass is 615 g/mol. The number of sulfone groups is 1. The molecule has 0 bridgehead atoms. The van der Waals surface area contributed by atoms with Crippen LogP contribution in [0.1, 0.15) is 110 Å².